The van der Waals surface area contributed by atoms with Crippen LogP contribution in [0.1, 0.15) is 17.5 Å². The maximum absolute atomic E-state index is 12.8. The molecule has 0 fully saturated rings. The number of fused-ring (bicyclic) bond motifs is 2. The Morgan fingerprint density at radius 3 is 2.78 bits per heavy atom. The van der Waals surface area contributed by atoms with Gasteiger partial charge in [-0.05, 0) is 30.5 Å². The molecule has 0 atom stereocenters. The topological polar surface area (TPSA) is 84.4 Å². The summed E-state index contributed by atoms with van der Waals surface area (Å²) in [6, 6.07) is 10.8. The number of rotatable bonds is 6. The highest BCUT2D eigenvalue weighted by Gasteiger charge is 2.23. The predicted molar refractivity (Wildman–Crippen MR) is 115 cm³/mol. The van der Waals surface area contributed by atoms with Crippen LogP contribution in [0, 0.1) is 0 Å². The minimum Gasteiger partial charge on any atom is -0.454 e. The van der Waals surface area contributed by atoms with Gasteiger partial charge in [0.1, 0.15) is 5.75 Å². The first kappa shape index (κ1) is 21.7. The fraction of sp³-hybridized carbons (Fsp3) is 0.364. The average molecular weight is 446 g/mol. The van der Waals surface area contributed by atoms with Crippen LogP contribution < -0.4 is 29.7 Å². The van der Waals surface area contributed by atoms with Crippen molar-refractivity contribution >= 4 is 17.6 Å². The Labute approximate surface area is 184 Å². The summed E-state index contributed by atoms with van der Waals surface area (Å²) in [6.07, 6.45) is 1.86. The Kier molecular flexibility index (Phi) is 6.58. The summed E-state index contributed by atoms with van der Waals surface area (Å²) < 4.78 is 40.8. The van der Waals surface area contributed by atoms with E-state index < -0.39 is 6.61 Å². The zero-order valence-electron chi connectivity index (χ0n) is 17.6. The zero-order valence-corrected chi connectivity index (χ0v) is 17.6. The highest BCUT2D eigenvalue weighted by Crippen LogP contribution is 2.38. The number of nitrogens with zero attached hydrogens (tertiary/aromatic N) is 2. The van der Waals surface area contributed by atoms with Crippen LogP contribution in [-0.2, 0) is 17.8 Å². The molecule has 0 saturated heterocycles. The number of halogens is 2. The van der Waals surface area contributed by atoms with Crippen molar-refractivity contribution in [2.45, 2.75) is 26.0 Å². The molecule has 2 aliphatic rings. The number of guanidine groups is 1. The van der Waals surface area contributed by atoms with Crippen molar-refractivity contribution in [3.63, 3.8) is 0 Å². The van der Waals surface area contributed by atoms with E-state index in [-0.39, 0.29) is 31.5 Å². The maximum Gasteiger partial charge on any atom is 0.387 e. The number of carbonyl (C=O) groups is 1. The highest BCUT2D eigenvalue weighted by atomic mass is 19.3. The SMILES string of the molecule is CN=C(NCC(=O)N1CCCc2ccccc21)NCc1cc2c(cc1OC(F)F)OCO2. The van der Waals surface area contributed by atoms with Crippen molar-refractivity contribution in [2.24, 2.45) is 4.99 Å². The fourth-order valence-corrected chi connectivity index (χ4v) is 3.76. The molecule has 10 heteroatoms. The van der Waals surface area contributed by atoms with Crippen LogP contribution in [0.15, 0.2) is 41.4 Å². The first-order valence-corrected chi connectivity index (χ1v) is 10.3. The van der Waals surface area contributed by atoms with Gasteiger partial charge in [0.15, 0.2) is 17.5 Å². The molecule has 0 saturated carbocycles. The van der Waals surface area contributed by atoms with Crippen molar-refractivity contribution < 1.29 is 27.8 Å². The molecule has 0 radical (unpaired) electrons. The van der Waals surface area contributed by atoms with Gasteiger partial charge in [-0.1, -0.05) is 18.2 Å². The van der Waals surface area contributed by atoms with Gasteiger partial charge in [-0.25, -0.2) is 0 Å². The molecule has 32 heavy (non-hydrogen) atoms. The summed E-state index contributed by atoms with van der Waals surface area (Å²) in [4.78, 5) is 18.7. The Hall–Kier alpha value is -3.56. The van der Waals surface area contributed by atoms with Gasteiger partial charge in [0.2, 0.25) is 12.7 Å². The number of amides is 1. The standard InChI is InChI=1S/C22H24F2N4O4/c1-25-22(27-12-20(29)28-8-4-6-14-5-2-3-7-16(14)28)26-11-15-9-18-19(31-13-30-18)10-17(15)32-21(23)24/h2-3,5,7,9-10,21H,4,6,8,11-13H2,1H3,(H2,25,26,27). The molecule has 0 spiro atoms. The second-order valence-electron chi connectivity index (χ2n) is 7.25. The van der Waals surface area contributed by atoms with E-state index in [2.05, 4.69) is 20.4 Å². The Morgan fingerprint density at radius 1 is 1.22 bits per heavy atom. The normalized spacial score (nSPS) is 14.9. The third-order valence-electron chi connectivity index (χ3n) is 5.26. The van der Waals surface area contributed by atoms with Gasteiger partial charge in [0.25, 0.3) is 0 Å². The summed E-state index contributed by atoms with van der Waals surface area (Å²) in [5.74, 6) is 1.05. The Balaban J connectivity index is 1.38. The first-order chi connectivity index (χ1) is 15.5. The third kappa shape index (κ3) is 4.84. The number of benzene rings is 2. The molecule has 2 aromatic rings. The van der Waals surface area contributed by atoms with Gasteiger partial charge in [0, 0.05) is 37.5 Å². The van der Waals surface area contributed by atoms with Crippen molar-refractivity contribution in [2.75, 3.05) is 31.8 Å². The number of nitrogens with one attached hydrogen (secondary N) is 2. The second-order valence-corrected chi connectivity index (χ2v) is 7.25. The van der Waals surface area contributed by atoms with Crippen LogP contribution >= 0.6 is 0 Å². The maximum atomic E-state index is 12.8. The first-order valence-electron chi connectivity index (χ1n) is 10.3. The van der Waals surface area contributed by atoms with Crippen LogP contribution in [-0.4, -0.2) is 45.4 Å². The number of anilines is 1. The van der Waals surface area contributed by atoms with Crippen molar-refractivity contribution in [3.05, 3.63) is 47.5 Å². The van der Waals surface area contributed by atoms with E-state index in [0.29, 0.717) is 29.6 Å². The van der Waals surface area contributed by atoms with Crippen LogP contribution in [0.4, 0.5) is 14.5 Å². The lowest BCUT2D eigenvalue weighted by atomic mass is 10.0. The summed E-state index contributed by atoms with van der Waals surface area (Å²) in [5, 5.41) is 6.00. The van der Waals surface area contributed by atoms with E-state index in [4.69, 9.17) is 9.47 Å². The summed E-state index contributed by atoms with van der Waals surface area (Å²) >= 11 is 0. The zero-order chi connectivity index (χ0) is 22.5. The second kappa shape index (κ2) is 9.71. The van der Waals surface area contributed by atoms with Gasteiger partial charge in [0.05, 0.1) is 6.54 Å². The molecule has 0 aliphatic carbocycles. The van der Waals surface area contributed by atoms with Crippen molar-refractivity contribution in [1.29, 1.82) is 0 Å². The van der Waals surface area contributed by atoms with E-state index in [1.54, 1.807) is 18.0 Å². The summed E-state index contributed by atoms with van der Waals surface area (Å²) in [7, 11) is 1.56. The van der Waals surface area contributed by atoms with Crippen LogP contribution in [0.25, 0.3) is 0 Å². The molecule has 2 N–H and O–H groups in total. The van der Waals surface area contributed by atoms with Crippen molar-refractivity contribution in [3.8, 4) is 17.2 Å². The lowest BCUT2D eigenvalue weighted by Gasteiger charge is -2.29. The molecule has 2 aromatic carbocycles. The lowest BCUT2D eigenvalue weighted by molar-refractivity contribution is -0.117. The van der Waals surface area contributed by atoms with Crippen LogP contribution in [0.2, 0.25) is 0 Å². The molecule has 0 aromatic heterocycles. The Morgan fingerprint density at radius 2 is 2.00 bits per heavy atom. The fourth-order valence-electron chi connectivity index (χ4n) is 3.76. The van der Waals surface area contributed by atoms with E-state index in [0.717, 1.165) is 24.1 Å². The van der Waals surface area contributed by atoms with Gasteiger partial charge in [-0.3, -0.25) is 9.79 Å². The largest absolute Gasteiger partial charge is 0.454 e. The molecule has 2 heterocycles. The number of para-hydroxylation sites is 1. The third-order valence-corrected chi connectivity index (χ3v) is 5.26. The number of aryl methyl sites for hydroxylation is 1. The van der Waals surface area contributed by atoms with Gasteiger partial charge < -0.3 is 29.7 Å². The number of carbonyl (C=O) groups excluding carboxylic acids is 1. The molecule has 4 rings (SSSR count). The minimum atomic E-state index is -2.98. The van der Waals surface area contributed by atoms with E-state index in [1.807, 2.05) is 24.3 Å². The molecule has 2 aliphatic heterocycles. The average Bonchev–Trinajstić information content (AvgIpc) is 3.25. The Bertz CT molecular complexity index is 1020. The molecule has 0 bridgehead atoms. The molecule has 0 unspecified atom stereocenters. The molecular formula is C22H24F2N4O4. The van der Waals surface area contributed by atoms with E-state index in [9.17, 15) is 13.6 Å². The van der Waals surface area contributed by atoms with Gasteiger partial charge >= 0.3 is 6.61 Å². The van der Waals surface area contributed by atoms with Gasteiger partial charge in [-0.2, -0.15) is 8.78 Å². The number of hydrogen-bond donors (Lipinski definition) is 2. The highest BCUT2D eigenvalue weighted by molar-refractivity contribution is 5.98. The van der Waals surface area contributed by atoms with Gasteiger partial charge in [-0.15, -0.1) is 0 Å². The number of hydrogen-bond acceptors (Lipinski definition) is 5. The monoisotopic (exact) mass is 446 g/mol. The molecule has 1 amide bonds. The minimum absolute atomic E-state index is 0.0191. The number of alkyl halides is 2. The molecular weight excluding hydrogens is 422 g/mol. The summed E-state index contributed by atoms with van der Waals surface area (Å²) in [6.45, 7) is -2.13. The molecule has 170 valence electrons. The van der Waals surface area contributed by atoms with E-state index >= 15 is 0 Å². The number of ether oxygens (including phenoxy) is 3. The number of aliphatic imine (C=N–C) groups is 1. The smallest absolute Gasteiger partial charge is 0.387 e. The van der Waals surface area contributed by atoms with Crippen molar-refractivity contribution in [1.82, 2.24) is 10.6 Å². The molecule has 8 nitrogen and oxygen atoms in total. The lowest BCUT2D eigenvalue weighted by Crippen LogP contribution is -2.45. The summed E-state index contributed by atoms with van der Waals surface area (Å²) in [5.41, 5.74) is 2.53. The quantitative estimate of drug-likeness (QED) is 0.524. The van der Waals surface area contributed by atoms with E-state index in [1.165, 1.54) is 6.07 Å². The predicted octanol–water partition coefficient (Wildman–Crippen LogP) is 2.66. The van der Waals surface area contributed by atoms with Crippen LogP contribution in [0.5, 0.6) is 17.2 Å². The van der Waals surface area contributed by atoms with Crippen LogP contribution in [0.3, 0.4) is 0 Å².